The Balaban J connectivity index is 2.24. The molecule has 0 aliphatic heterocycles. The van der Waals surface area contributed by atoms with E-state index in [1.165, 1.54) is 6.07 Å². The SMILES string of the molecule is NC(=S)c1ccc(Cl)cc1OCc1cccc(F)c1Br. The third-order valence-corrected chi connectivity index (χ3v) is 3.97. The molecule has 2 aromatic rings. The fraction of sp³-hybridized carbons (Fsp3) is 0.0714. The van der Waals surface area contributed by atoms with Crippen LogP contribution in [0.2, 0.25) is 5.02 Å². The molecule has 0 spiro atoms. The highest BCUT2D eigenvalue weighted by molar-refractivity contribution is 9.10. The number of hydrogen-bond donors (Lipinski definition) is 1. The van der Waals surface area contributed by atoms with Gasteiger partial charge in [0, 0.05) is 10.6 Å². The van der Waals surface area contributed by atoms with Crippen LogP contribution in [0.15, 0.2) is 40.9 Å². The molecule has 0 aromatic heterocycles. The van der Waals surface area contributed by atoms with Crippen LogP contribution in [0.25, 0.3) is 0 Å². The van der Waals surface area contributed by atoms with Crippen LogP contribution in [0, 0.1) is 5.82 Å². The molecule has 2 N–H and O–H groups in total. The molecule has 2 aromatic carbocycles. The fourth-order valence-electron chi connectivity index (χ4n) is 1.63. The summed E-state index contributed by atoms with van der Waals surface area (Å²) in [7, 11) is 0. The van der Waals surface area contributed by atoms with Gasteiger partial charge in [0.05, 0.1) is 10.0 Å². The maximum Gasteiger partial charge on any atom is 0.137 e. The minimum atomic E-state index is -0.341. The van der Waals surface area contributed by atoms with Gasteiger partial charge in [-0.2, -0.15) is 0 Å². The summed E-state index contributed by atoms with van der Waals surface area (Å²) in [6.45, 7) is 0.175. The zero-order valence-corrected chi connectivity index (χ0v) is 13.4. The van der Waals surface area contributed by atoms with Gasteiger partial charge in [-0.3, -0.25) is 0 Å². The van der Waals surface area contributed by atoms with Crippen LogP contribution in [0.1, 0.15) is 11.1 Å². The van der Waals surface area contributed by atoms with Crippen LogP contribution in [-0.2, 0) is 6.61 Å². The highest BCUT2D eigenvalue weighted by Crippen LogP contribution is 2.26. The van der Waals surface area contributed by atoms with Crippen LogP contribution in [0.3, 0.4) is 0 Å². The Morgan fingerprint density at radius 1 is 1.35 bits per heavy atom. The Hall–Kier alpha value is -1.17. The van der Waals surface area contributed by atoms with E-state index in [9.17, 15) is 4.39 Å². The Morgan fingerprint density at radius 3 is 2.80 bits per heavy atom. The van der Waals surface area contributed by atoms with Gasteiger partial charge in [-0.05, 0) is 40.2 Å². The Morgan fingerprint density at radius 2 is 2.10 bits per heavy atom. The van der Waals surface area contributed by atoms with Gasteiger partial charge in [-0.25, -0.2) is 4.39 Å². The van der Waals surface area contributed by atoms with E-state index in [0.717, 1.165) is 0 Å². The molecule has 0 saturated heterocycles. The lowest BCUT2D eigenvalue weighted by molar-refractivity contribution is 0.304. The third kappa shape index (κ3) is 3.48. The highest BCUT2D eigenvalue weighted by atomic mass is 79.9. The van der Waals surface area contributed by atoms with Gasteiger partial charge in [-0.1, -0.05) is 36.0 Å². The largest absolute Gasteiger partial charge is 0.488 e. The van der Waals surface area contributed by atoms with Crippen LogP contribution in [0.5, 0.6) is 5.75 Å². The van der Waals surface area contributed by atoms with Crippen LogP contribution >= 0.6 is 39.7 Å². The van der Waals surface area contributed by atoms with Crippen molar-refractivity contribution in [3.05, 3.63) is 62.8 Å². The lowest BCUT2D eigenvalue weighted by atomic mass is 10.2. The number of thiocarbonyl (C=S) groups is 1. The Kier molecular flexibility index (Phi) is 4.96. The lowest BCUT2D eigenvalue weighted by Gasteiger charge is -2.12. The molecule has 0 fully saturated rings. The van der Waals surface area contributed by atoms with Gasteiger partial charge in [0.2, 0.25) is 0 Å². The minimum Gasteiger partial charge on any atom is -0.488 e. The topological polar surface area (TPSA) is 35.2 Å². The van der Waals surface area contributed by atoms with Crippen molar-refractivity contribution < 1.29 is 9.13 Å². The van der Waals surface area contributed by atoms with E-state index in [-0.39, 0.29) is 17.4 Å². The first-order chi connectivity index (χ1) is 9.49. The van der Waals surface area contributed by atoms with E-state index in [1.54, 1.807) is 30.3 Å². The maximum atomic E-state index is 13.4. The maximum absolute atomic E-state index is 13.4. The molecule has 0 aliphatic carbocycles. The van der Waals surface area contributed by atoms with Crippen molar-refractivity contribution in [2.45, 2.75) is 6.61 Å². The van der Waals surface area contributed by atoms with E-state index in [0.29, 0.717) is 26.4 Å². The van der Waals surface area contributed by atoms with Crippen molar-refractivity contribution in [2.75, 3.05) is 0 Å². The highest BCUT2D eigenvalue weighted by Gasteiger charge is 2.10. The van der Waals surface area contributed by atoms with E-state index in [2.05, 4.69) is 15.9 Å². The molecule has 2 nitrogen and oxygen atoms in total. The van der Waals surface area contributed by atoms with E-state index in [4.69, 9.17) is 34.3 Å². The first kappa shape index (κ1) is 15.2. The number of hydrogen-bond acceptors (Lipinski definition) is 2. The number of ether oxygens (including phenoxy) is 1. The van der Waals surface area contributed by atoms with Gasteiger partial charge in [0.15, 0.2) is 0 Å². The van der Waals surface area contributed by atoms with Crippen LogP contribution in [-0.4, -0.2) is 4.99 Å². The Labute approximate surface area is 134 Å². The lowest BCUT2D eigenvalue weighted by Crippen LogP contribution is -2.11. The third-order valence-electron chi connectivity index (χ3n) is 2.62. The molecule has 6 heteroatoms. The molecular formula is C14H10BrClFNOS. The smallest absolute Gasteiger partial charge is 0.137 e. The molecule has 0 heterocycles. The van der Waals surface area contributed by atoms with Crippen molar-refractivity contribution in [2.24, 2.45) is 5.73 Å². The van der Waals surface area contributed by atoms with E-state index in [1.807, 2.05) is 0 Å². The molecule has 0 radical (unpaired) electrons. The monoisotopic (exact) mass is 373 g/mol. The standard InChI is InChI=1S/C14H10BrClFNOS/c15-13-8(2-1-3-11(13)17)7-19-12-6-9(16)4-5-10(12)14(18)20/h1-6H,7H2,(H2,18,20). The average molecular weight is 375 g/mol. The molecule has 0 bridgehead atoms. The summed E-state index contributed by atoms with van der Waals surface area (Å²) in [5.74, 6) is 0.132. The fourth-order valence-corrected chi connectivity index (χ4v) is 2.34. The summed E-state index contributed by atoms with van der Waals surface area (Å²) >= 11 is 14.1. The van der Waals surface area contributed by atoms with Gasteiger partial charge < -0.3 is 10.5 Å². The molecule has 2 rings (SSSR count). The molecule has 0 amide bonds. The average Bonchev–Trinajstić information content (AvgIpc) is 2.40. The summed E-state index contributed by atoms with van der Waals surface area (Å²) in [5, 5.41) is 0.512. The second-order valence-electron chi connectivity index (χ2n) is 4.01. The van der Waals surface area contributed by atoms with Crippen molar-refractivity contribution in [3.63, 3.8) is 0 Å². The van der Waals surface area contributed by atoms with Crippen LogP contribution in [0.4, 0.5) is 4.39 Å². The minimum absolute atomic E-state index is 0.175. The van der Waals surface area contributed by atoms with Crippen molar-refractivity contribution in [1.82, 2.24) is 0 Å². The quantitative estimate of drug-likeness (QED) is 0.803. The van der Waals surface area contributed by atoms with Crippen molar-refractivity contribution in [3.8, 4) is 5.75 Å². The number of halogens is 3. The second-order valence-corrected chi connectivity index (χ2v) is 5.68. The Bertz CT molecular complexity index is 666. The summed E-state index contributed by atoms with van der Waals surface area (Å²) in [6, 6.07) is 9.75. The van der Waals surface area contributed by atoms with Gasteiger partial charge in [0.25, 0.3) is 0 Å². The predicted molar refractivity (Wildman–Crippen MR) is 85.8 cm³/mol. The summed E-state index contributed by atoms with van der Waals surface area (Å²) in [6.07, 6.45) is 0. The van der Waals surface area contributed by atoms with Gasteiger partial charge in [-0.15, -0.1) is 0 Å². The van der Waals surface area contributed by atoms with Crippen molar-refractivity contribution >= 4 is 44.7 Å². The van der Waals surface area contributed by atoms with E-state index < -0.39 is 0 Å². The molecular weight excluding hydrogens is 365 g/mol. The summed E-state index contributed by atoms with van der Waals surface area (Å²) < 4.78 is 19.4. The second kappa shape index (κ2) is 6.52. The number of benzene rings is 2. The molecule has 104 valence electrons. The molecule has 20 heavy (non-hydrogen) atoms. The normalized spacial score (nSPS) is 10.3. The molecule has 0 aliphatic rings. The predicted octanol–water partition coefficient (Wildman–Crippen LogP) is 4.45. The molecule has 0 atom stereocenters. The van der Waals surface area contributed by atoms with Gasteiger partial charge >= 0.3 is 0 Å². The zero-order valence-electron chi connectivity index (χ0n) is 10.2. The first-order valence-electron chi connectivity index (χ1n) is 5.64. The zero-order chi connectivity index (χ0) is 14.7. The van der Waals surface area contributed by atoms with E-state index >= 15 is 0 Å². The van der Waals surface area contributed by atoms with Crippen LogP contribution < -0.4 is 10.5 Å². The summed E-state index contributed by atoms with van der Waals surface area (Å²) in [5.41, 5.74) is 6.90. The molecule has 0 saturated carbocycles. The number of rotatable bonds is 4. The van der Waals surface area contributed by atoms with Gasteiger partial charge in [0.1, 0.15) is 23.2 Å². The van der Waals surface area contributed by atoms with Crippen molar-refractivity contribution in [1.29, 1.82) is 0 Å². The number of nitrogens with two attached hydrogens (primary N) is 1. The summed E-state index contributed by atoms with van der Waals surface area (Å²) in [4.78, 5) is 0.218. The molecule has 0 unspecified atom stereocenters. The first-order valence-corrected chi connectivity index (χ1v) is 7.22.